The van der Waals surface area contributed by atoms with Gasteiger partial charge in [-0.3, -0.25) is 0 Å². The fraction of sp³-hybridized carbons (Fsp3) is 0.571. The van der Waals surface area contributed by atoms with E-state index in [9.17, 15) is 8.42 Å². The van der Waals surface area contributed by atoms with Gasteiger partial charge < -0.3 is 10.1 Å². The smallest absolute Gasteiger partial charge is 0.156 e. The molecule has 4 nitrogen and oxygen atoms in total. The van der Waals surface area contributed by atoms with E-state index in [0.29, 0.717) is 13.2 Å². The average Bonchev–Trinajstić information content (AvgIpc) is 2.30. The number of hydrogen-bond donors (Lipinski definition) is 1. The molecular formula is C14H23NO3S. The topological polar surface area (TPSA) is 55.4 Å². The predicted octanol–water partition coefficient (Wildman–Crippen LogP) is 2.46. The summed E-state index contributed by atoms with van der Waals surface area (Å²) in [7, 11) is -1.45. The molecule has 0 spiro atoms. The molecule has 0 atom stereocenters. The van der Waals surface area contributed by atoms with E-state index in [0.717, 1.165) is 11.3 Å². The highest BCUT2D eigenvalue weighted by Crippen LogP contribution is 2.18. The monoisotopic (exact) mass is 285 g/mol. The van der Waals surface area contributed by atoms with Gasteiger partial charge in [-0.1, -0.05) is 18.2 Å². The van der Waals surface area contributed by atoms with Crippen molar-refractivity contribution in [3.05, 3.63) is 29.8 Å². The Morgan fingerprint density at radius 3 is 2.42 bits per heavy atom. The summed E-state index contributed by atoms with van der Waals surface area (Å²) in [5.74, 6) is 0.123. The van der Waals surface area contributed by atoms with Gasteiger partial charge in [0.15, 0.2) is 9.84 Å². The Morgan fingerprint density at radius 2 is 1.84 bits per heavy atom. The Hall–Kier alpha value is -1.07. The maximum Gasteiger partial charge on any atom is 0.156 e. The molecule has 0 aliphatic rings. The highest BCUT2D eigenvalue weighted by molar-refractivity contribution is 7.92. The van der Waals surface area contributed by atoms with Gasteiger partial charge in [-0.25, -0.2) is 8.42 Å². The fourth-order valence-corrected chi connectivity index (χ4v) is 2.58. The number of anilines is 1. The third kappa shape index (κ3) is 4.51. The van der Waals surface area contributed by atoms with Crippen LogP contribution in [0.4, 0.5) is 5.69 Å². The van der Waals surface area contributed by atoms with E-state index in [1.807, 2.05) is 24.3 Å². The third-order valence-corrected chi connectivity index (χ3v) is 5.54. The van der Waals surface area contributed by atoms with Crippen molar-refractivity contribution in [3.63, 3.8) is 0 Å². The number of benzene rings is 1. The van der Waals surface area contributed by atoms with Crippen molar-refractivity contribution < 1.29 is 13.2 Å². The molecule has 0 aliphatic heterocycles. The molecule has 0 saturated carbocycles. The minimum atomic E-state index is -3.09. The lowest BCUT2D eigenvalue weighted by atomic mass is 10.2. The molecule has 19 heavy (non-hydrogen) atoms. The Labute approximate surface area is 116 Å². The first-order valence-corrected chi connectivity index (χ1v) is 7.96. The lowest BCUT2D eigenvalue weighted by molar-refractivity contribution is 0.185. The minimum absolute atomic E-state index is 0.123. The van der Waals surface area contributed by atoms with Crippen LogP contribution in [0.3, 0.4) is 0 Å². The Balaban J connectivity index is 2.64. The van der Waals surface area contributed by atoms with Gasteiger partial charge in [0.2, 0.25) is 0 Å². The van der Waals surface area contributed by atoms with Gasteiger partial charge >= 0.3 is 0 Å². The maximum atomic E-state index is 12.0. The van der Waals surface area contributed by atoms with Gasteiger partial charge in [0.05, 0.1) is 17.1 Å². The van der Waals surface area contributed by atoms with Crippen LogP contribution in [-0.4, -0.2) is 32.6 Å². The second-order valence-corrected chi connectivity index (χ2v) is 8.31. The Kier molecular flexibility index (Phi) is 5.38. The normalized spacial score (nSPS) is 12.4. The van der Waals surface area contributed by atoms with E-state index < -0.39 is 14.6 Å². The van der Waals surface area contributed by atoms with E-state index in [-0.39, 0.29) is 5.75 Å². The molecule has 0 fully saturated rings. The molecule has 0 bridgehead atoms. The predicted molar refractivity (Wildman–Crippen MR) is 79.2 cm³/mol. The van der Waals surface area contributed by atoms with Crippen molar-refractivity contribution >= 4 is 15.5 Å². The largest absolute Gasteiger partial charge is 0.384 e. The van der Waals surface area contributed by atoms with Crippen LogP contribution in [0.5, 0.6) is 0 Å². The summed E-state index contributed by atoms with van der Waals surface area (Å²) in [6.45, 7) is 6.08. The summed E-state index contributed by atoms with van der Waals surface area (Å²) in [6.07, 6.45) is 0. The van der Waals surface area contributed by atoms with E-state index in [4.69, 9.17) is 4.74 Å². The standard InChI is InChI=1S/C14H23NO3S/c1-14(2,3)19(16,17)10-9-15-13-8-6-5-7-12(13)11-18-4/h5-8,15H,9-11H2,1-4H3. The molecule has 0 aromatic heterocycles. The van der Waals surface area contributed by atoms with Crippen molar-refractivity contribution in [2.45, 2.75) is 32.1 Å². The zero-order valence-corrected chi connectivity index (χ0v) is 12.9. The number of ether oxygens (including phenoxy) is 1. The van der Waals surface area contributed by atoms with Gasteiger partial charge in [-0.05, 0) is 26.8 Å². The van der Waals surface area contributed by atoms with Gasteiger partial charge in [0.1, 0.15) is 0 Å². The van der Waals surface area contributed by atoms with Crippen molar-refractivity contribution in [2.24, 2.45) is 0 Å². The summed E-state index contributed by atoms with van der Waals surface area (Å²) in [6, 6.07) is 7.74. The lowest BCUT2D eigenvalue weighted by Gasteiger charge is -2.19. The van der Waals surface area contributed by atoms with Crippen LogP contribution in [0.1, 0.15) is 26.3 Å². The van der Waals surface area contributed by atoms with Crippen LogP contribution in [0.15, 0.2) is 24.3 Å². The SMILES string of the molecule is COCc1ccccc1NCCS(=O)(=O)C(C)(C)C. The number of rotatable bonds is 6. The van der Waals surface area contributed by atoms with Crippen LogP contribution < -0.4 is 5.32 Å². The van der Waals surface area contributed by atoms with Crippen molar-refractivity contribution in [3.8, 4) is 0 Å². The lowest BCUT2D eigenvalue weighted by Crippen LogP contribution is -2.33. The molecule has 0 heterocycles. The van der Waals surface area contributed by atoms with Crippen molar-refractivity contribution in [1.82, 2.24) is 0 Å². The van der Waals surface area contributed by atoms with Crippen molar-refractivity contribution in [1.29, 1.82) is 0 Å². The number of hydrogen-bond acceptors (Lipinski definition) is 4. The summed E-state index contributed by atoms with van der Waals surface area (Å²) < 4.78 is 28.4. The second kappa shape index (κ2) is 6.39. The zero-order chi connectivity index (χ0) is 14.5. The molecule has 1 aromatic rings. The molecule has 108 valence electrons. The molecule has 5 heteroatoms. The van der Waals surface area contributed by atoms with Gasteiger partial charge in [-0.2, -0.15) is 0 Å². The first kappa shape index (κ1) is 16.0. The average molecular weight is 285 g/mol. The molecule has 1 N–H and O–H groups in total. The highest BCUT2D eigenvalue weighted by atomic mass is 32.2. The van der Waals surface area contributed by atoms with Crippen LogP contribution in [-0.2, 0) is 21.2 Å². The number of methoxy groups -OCH3 is 1. The molecule has 1 rings (SSSR count). The van der Waals surface area contributed by atoms with E-state index in [1.54, 1.807) is 27.9 Å². The molecular weight excluding hydrogens is 262 g/mol. The molecule has 0 amide bonds. The van der Waals surface area contributed by atoms with Crippen LogP contribution in [0.25, 0.3) is 0 Å². The molecule has 0 radical (unpaired) electrons. The number of para-hydroxylation sites is 1. The second-order valence-electron chi connectivity index (χ2n) is 5.45. The van der Waals surface area contributed by atoms with E-state index in [2.05, 4.69) is 5.32 Å². The number of nitrogens with one attached hydrogen (secondary N) is 1. The van der Waals surface area contributed by atoms with E-state index in [1.165, 1.54) is 0 Å². The van der Waals surface area contributed by atoms with Crippen LogP contribution in [0.2, 0.25) is 0 Å². The van der Waals surface area contributed by atoms with Crippen molar-refractivity contribution in [2.75, 3.05) is 24.7 Å². The quantitative estimate of drug-likeness (QED) is 0.872. The zero-order valence-electron chi connectivity index (χ0n) is 12.1. The molecule has 0 unspecified atom stereocenters. The molecule has 0 aliphatic carbocycles. The highest BCUT2D eigenvalue weighted by Gasteiger charge is 2.28. The van der Waals surface area contributed by atoms with Gasteiger partial charge in [-0.15, -0.1) is 0 Å². The van der Waals surface area contributed by atoms with Crippen LogP contribution in [0, 0.1) is 0 Å². The Bertz CT molecular complexity index is 504. The molecule has 1 aromatic carbocycles. The van der Waals surface area contributed by atoms with E-state index >= 15 is 0 Å². The maximum absolute atomic E-state index is 12.0. The Morgan fingerprint density at radius 1 is 1.21 bits per heavy atom. The van der Waals surface area contributed by atoms with Gasteiger partial charge in [0, 0.05) is 24.9 Å². The first-order valence-electron chi connectivity index (χ1n) is 6.31. The fourth-order valence-electron chi connectivity index (χ4n) is 1.60. The summed E-state index contributed by atoms with van der Waals surface area (Å²) in [5, 5.41) is 3.17. The summed E-state index contributed by atoms with van der Waals surface area (Å²) in [4.78, 5) is 0. The van der Waals surface area contributed by atoms with Crippen LogP contribution >= 0.6 is 0 Å². The summed E-state index contributed by atoms with van der Waals surface area (Å²) >= 11 is 0. The van der Waals surface area contributed by atoms with Gasteiger partial charge in [0.25, 0.3) is 0 Å². The minimum Gasteiger partial charge on any atom is -0.384 e. The third-order valence-electron chi connectivity index (χ3n) is 2.94. The summed E-state index contributed by atoms with van der Waals surface area (Å²) in [5.41, 5.74) is 1.95. The number of sulfone groups is 1. The molecule has 0 saturated heterocycles. The first-order chi connectivity index (χ1) is 8.78.